The molecule has 0 aliphatic rings. The van der Waals surface area contributed by atoms with Crippen LogP contribution in [-0.2, 0) is 0 Å². The highest BCUT2D eigenvalue weighted by molar-refractivity contribution is 6.22. The third kappa shape index (κ3) is 5.66. The third-order valence-electron chi connectivity index (χ3n) is 11.4. The zero-order valence-corrected chi connectivity index (χ0v) is 31.7. The van der Waals surface area contributed by atoms with E-state index in [2.05, 4.69) is 217 Å². The molecule has 0 atom stereocenters. The standard InChI is InChI=1S/C56H37NO/c1-5-18-38(19-6-1)44-29-17-30-45(39-20-7-2-8-21-39)56(44)57(43-33-35-49-48-27-15-16-31-52(48)58-53(49)37-43)42-32-34-47-46-26-13-14-28-50(46)54(40-22-9-3-10-23-40)55(51(47)36-42)41-24-11-4-12-25-41/h1-37H. The molecule has 272 valence electrons. The van der Waals surface area contributed by atoms with Gasteiger partial charge in [0.25, 0.3) is 0 Å². The summed E-state index contributed by atoms with van der Waals surface area (Å²) in [5, 5.41) is 7.08. The summed E-state index contributed by atoms with van der Waals surface area (Å²) >= 11 is 0. The predicted octanol–water partition coefficient (Wildman–Crippen LogP) is 16.0. The van der Waals surface area contributed by atoms with Crippen LogP contribution >= 0.6 is 0 Å². The molecule has 0 fully saturated rings. The van der Waals surface area contributed by atoms with Crippen LogP contribution in [0, 0.1) is 0 Å². The summed E-state index contributed by atoms with van der Waals surface area (Å²) < 4.78 is 6.58. The summed E-state index contributed by atoms with van der Waals surface area (Å²) in [4.78, 5) is 2.45. The first-order valence-electron chi connectivity index (χ1n) is 19.8. The Morgan fingerprint density at radius 1 is 0.276 bits per heavy atom. The summed E-state index contributed by atoms with van der Waals surface area (Å²) in [6.45, 7) is 0. The smallest absolute Gasteiger partial charge is 0.137 e. The highest BCUT2D eigenvalue weighted by atomic mass is 16.3. The van der Waals surface area contributed by atoms with E-state index in [1.807, 2.05) is 12.1 Å². The Labute approximate surface area is 337 Å². The fourth-order valence-corrected chi connectivity index (χ4v) is 8.87. The van der Waals surface area contributed by atoms with Gasteiger partial charge in [-0.15, -0.1) is 0 Å². The van der Waals surface area contributed by atoms with E-state index in [1.54, 1.807) is 0 Å². The molecule has 2 nitrogen and oxygen atoms in total. The molecule has 0 saturated heterocycles. The Morgan fingerprint density at radius 2 is 0.707 bits per heavy atom. The molecule has 0 aliphatic heterocycles. The Morgan fingerprint density at radius 3 is 1.31 bits per heavy atom. The molecule has 0 aliphatic carbocycles. The second kappa shape index (κ2) is 14.1. The molecule has 0 amide bonds. The van der Waals surface area contributed by atoms with Gasteiger partial charge < -0.3 is 9.32 Å². The minimum absolute atomic E-state index is 0.852. The fraction of sp³-hybridized carbons (Fsp3) is 0. The number of fused-ring (bicyclic) bond motifs is 6. The number of anilines is 3. The van der Waals surface area contributed by atoms with Gasteiger partial charge in [0.1, 0.15) is 11.2 Å². The number of nitrogens with zero attached hydrogens (tertiary/aromatic N) is 1. The molecular formula is C56H37NO. The summed E-state index contributed by atoms with van der Waals surface area (Å²) in [5.74, 6) is 0. The number of para-hydroxylation sites is 2. The van der Waals surface area contributed by atoms with Gasteiger partial charge in [-0.2, -0.15) is 0 Å². The van der Waals surface area contributed by atoms with Crippen LogP contribution in [0.15, 0.2) is 229 Å². The number of benzene rings is 10. The zero-order chi connectivity index (χ0) is 38.4. The van der Waals surface area contributed by atoms with Crippen LogP contribution in [0.1, 0.15) is 0 Å². The maximum atomic E-state index is 6.58. The van der Waals surface area contributed by atoms with E-state index in [-0.39, 0.29) is 0 Å². The average Bonchev–Trinajstić information content (AvgIpc) is 3.68. The highest BCUT2D eigenvalue weighted by Crippen LogP contribution is 2.50. The SMILES string of the molecule is c1ccc(-c2cccc(-c3ccccc3)c2N(c2ccc3c(c2)oc2ccccc23)c2ccc3c(c2)c(-c2ccccc2)c(-c2ccccc2)c2ccccc23)cc1. The molecule has 1 heterocycles. The molecular weight excluding hydrogens is 703 g/mol. The van der Waals surface area contributed by atoms with Gasteiger partial charge in [0, 0.05) is 39.3 Å². The van der Waals surface area contributed by atoms with E-state index in [9.17, 15) is 0 Å². The largest absolute Gasteiger partial charge is 0.456 e. The van der Waals surface area contributed by atoms with Crippen molar-refractivity contribution in [3.63, 3.8) is 0 Å². The summed E-state index contributed by atoms with van der Waals surface area (Å²) in [5.41, 5.74) is 14.3. The Kier molecular flexibility index (Phi) is 8.19. The van der Waals surface area contributed by atoms with Crippen molar-refractivity contribution in [3.8, 4) is 44.5 Å². The second-order valence-electron chi connectivity index (χ2n) is 14.8. The predicted molar refractivity (Wildman–Crippen MR) is 245 cm³/mol. The number of hydrogen-bond donors (Lipinski definition) is 0. The average molecular weight is 740 g/mol. The summed E-state index contributed by atoms with van der Waals surface area (Å²) in [7, 11) is 0. The van der Waals surface area contributed by atoms with Crippen LogP contribution < -0.4 is 4.90 Å². The van der Waals surface area contributed by atoms with Gasteiger partial charge in [0.15, 0.2) is 0 Å². The molecule has 1 aromatic heterocycles. The highest BCUT2D eigenvalue weighted by Gasteiger charge is 2.25. The topological polar surface area (TPSA) is 16.4 Å². The Balaban J connectivity index is 1.28. The van der Waals surface area contributed by atoms with Crippen molar-refractivity contribution >= 4 is 60.5 Å². The van der Waals surface area contributed by atoms with Crippen molar-refractivity contribution in [1.29, 1.82) is 0 Å². The van der Waals surface area contributed by atoms with Crippen LogP contribution in [0.4, 0.5) is 17.1 Å². The van der Waals surface area contributed by atoms with Crippen molar-refractivity contribution < 1.29 is 4.42 Å². The number of rotatable bonds is 7. The summed E-state index contributed by atoms with van der Waals surface area (Å²) in [6.07, 6.45) is 0. The van der Waals surface area contributed by atoms with E-state index >= 15 is 0 Å². The lowest BCUT2D eigenvalue weighted by atomic mass is 9.84. The molecule has 0 radical (unpaired) electrons. The molecule has 0 N–H and O–H groups in total. The molecule has 10 aromatic carbocycles. The molecule has 2 heteroatoms. The van der Waals surface area contributed by atoms with Crippen LogP contribution in [-0.4, -0.2) is 0 Å². The van der Waals surface area contributed by atoms with Crippen LogP contribution in [0.25, 0.3) is 88.0 Å². The van der Waals surface area contributed by atoms with E-state index in [1.165, 1.54) is 43.8 Å². The lowest BCUT2D eigenvalue weighted by Crippen LogP contribution is -2.13. The fourth-order valence-electron chi connectivity index (χ4n) is 8.87. The molecule has 0 spiro atoms. The number of furan rings is 1. The normalized spacial score (nSPS) is 11.4. The van der Waals surface area contributed by atoms with Gasteiger partial charge in [0.05, 0.1) is 5.69 Å². The molecule has 0 bridgehead atoms. The maximum Gasteiger partial charge on any atom is 0.137 e. The molecule has 11 aromatic rings. The van der Waals surface area contributed by atoms with E-state index in [0.717, 1.165) is 61.3 Å². The van der Waals surface area contributed by atoms with Gasteiger partial charge >= 0.3 is 0 Å². The van der Waals surface area contributed by atoms with E-state index < -0.39 is 0 Å². The molecule has 58 heavy (non-hydrogen) atoms. The Bertz CT molecular complexity index is 3200. The van der Waals surface area contributed by atoms with Gasteiger partial charge in [-0.25, -0.2) is 0 Å². The van der Waals surface area contributed by atoms with Crippen molar-refractivity contribution in [2.75, 3.05) is 4.90 Å². The van der Waals surface area contributed by atoms with Crippen molar-refractivity contribution in [2.45, 2.75) is 0 Å². The zero-order valence-electron chi connectivity index (χ0n) is 31.7. The van der Waals surface area contributed by atoms with Gasteiger partial charge in [-0.1, -0.05) is 188 Å². The van der Waals surface area contributed by atoms with Gasteiger partial charge in [0.2, 0.25) is 0 Å². The van der Waals surface area contributed by atoms with Crippen molar-refractivity contribution in [1.82, 2.24) is 0 Å². The van der Waals surface area contributed by atoms with Crippen molar-refractivity contribution in [2.24, 2.45) is 0 Å². The second-order valence-corrected chi connectivity index (χ2v) is 14.8. The molecule has 0 saturated carbocycles. The lowest BCUT2D eigenvalue weighted by Gasteiger charge is -2.31. The van der Waals surface area contributed by atoms with E-state index in [0.29, 0.717) is 0 Å². The van der Waals surface area contributed by atoms with Gasteiger partial charge in [-0.3, -0.25) is 0 Å². The molecule has 11 rings (SSSR count). The first-order chi connectivity index (χ1) is 28.8. The minimum Gasteiger partial charge on any atom is -0.456 e. The first-order valence-corrected chi connectivity index (χ1v) is 19.8. The van der Waals surface area contributed by atoms with E-state index in [4.69, 9.17) is 4.42 Å². The van der Waals surface area contributed by atoms with Crippen LogP contribution in [0.2, 0.25) is 0 Å². The maximum absolute atomic E-state index is 6.58. The first kappa shape index (κ1) is 33.6. The van der Waals surface area contributed by atoms with Crippen molar-refractivity contribution in [3.05, 3.63) is 224 Å². The van der Waals surface area contributed by atoms with Crippen LogP contribution in [0.5, 0.6) is 0 Å². The quantitative estimate of drug-likeness (QED) is 0.151. The molecule has 0 unspecified atom stereocenters. The van der Waals surface area contributed by atoms with Crippen LogP contribution in [0.3, 0.4) is 0 Å². The lowest BCUT2D eigenvalue weighted by molar-refractivity contribution is 0.669. The van der Waals surface area contributed by atoms with Gasteiger partial charge in [-0.05, 0) is 85.3 Å². The third-order valence-corrected chi connectivity index (χ3v) is 11.4. The minimum atomic E-state index is 0.852. The number of hydrogen-bond acceptors (Lipinski definition) is 2. The monoisotopic (exact) mass is 739 g/mol. The Hall–Kier alpha value is -7.68. The summed E-state index contributed by atoms with van der Waals surface area (Å²) in [6, 6.07) is 80.8.